The molecule has 1 heterocycles. The van der Waals surface area contributed by atoms with Crippen LogP contribution in [0.4, 0.5) is 6.01 Å². The number of hydrogen-bond acceptors (Lipinski definition) is 5. The Bertz CT molecular complexity index is 858. The van der Waals surface area contributed by atoms with E-state index in [0.717, 1.165) is 17.5 Å². The van der Waals surface area contributed by atoms with Crippen molar-refractivity contribution in [1.29, 1.82) is 0 Å². The molecule has 0 saturated carbocycles. The van der Waals surface area contributed by atoms with Gasteiger partial charge in [0, 0.05) is 4.90 Å². The summed E-state index contributed by atoms with van der Waals surface area (Å²) in [5.74, 6) is 0.304. The number of benzene rings is 2. The van der Waals surface area contributed by atoms with Crippen LogP contribution in [-0.4, -0.2) is 22.4 Å². The number of carbonyl (C=O) groups excluding carboxylic acids is 1. The number of nitrogens with one attached hydrogen (secondary N) is 1. The number of rotatable bonds is 7. The minimum atomic E-state index is -0.172. The summed E-state index contributed by atoms with van der Waals surface area (Å²) in [6.07, 6.45) is 3.84. The first-order valence-electron chi connectivity index (χ1n) is 8.49. The van der Waals surface area contributed by atoms with Crippen LogP contribution < -0.4 is 5.32 Å². The van der Waals surface area contributed by atoms with Crippen LogP contribution in [0.1, 0.15) is 29.5 Å². The molecule has 1 amide bonds. The van der Waals surface area contributed by atoms with Gasteiger partial charge in [-0.05, 0) is 41.5 Å². The molecule has 134 valence electrons. The number of carbonyl (C=O) groups is 1. The zero-order chi connectivity index (χ0) is 18.4. The Balaban J connectivity index is 1.55. The largest absolute Gasteiger partial charge is 0.407 e. The Hall–Kier alpha value is -2.60. The molecule has 6 heteroatoms. The van der Waals surface area contributed by atoms with Crippen molar-refractivity contribution in [2.24, 2.45) is 0 Å². The van der Waals surface area contributed by atoms with Gasteiger partial charge in [-0.2, -0.15) is 0 Å². The predicted molar refractivity (Wildman–Crippen MR) is 103 cm³/mol. The van der Waals surface area contributed by atoms with Crippen LogP contribution in [0.2, 0.25) is 0 Å². The molecule has 26 heavy (non-hydrogen) atoms. The second kappa shape index (κ2) is 8.67. The lowest BCUT2D eigenvalue weighted by atomic mass is 10.1. The van der Waals surface area contributed by atoms with E-state index in [1.54, 1.807) is 11.8 Å². The molecule has 0 radical (unpaired) electrons. The van der Waals surface area contributed by atoms with Gasteiger partial charge in [-0.1, -0.05) is 48.4 Å². The molecule has 2 aromatic carbocycles. The van der Waals surface area contributed by atoms with E-state index in [0.29, 0.717) is 12.3 Å². The molecule has 1 aromatic heterocycles. The second-order valence-corrected chi connectivity index (χ2v) is 6.80. The van der Waals surface area contributed by atoms with Crippen LogP contribution in [0.5, 0.6) is 0 Å². The van der Waals surface area contributed by atoms with E-state index in [2.05, 4.69) is 34.6 Å². The summed E-state index contributed by atoms with van der Waals surface area (Å²) in [5, 5.41) is 10.6. The molecule has 3 aromatic rings. The number of thioether (sulfide) groups is 1. The first kappa shape index (κ1) is 18.2. The molecule has 0 aliphatic carbocycles. The van der Waals surface area contributed by atoms with E-state index in [1.807, 2.05) is 42.7 Å². The fraction of sp³-hybridized carbons (Fsp3) is 0.250. The smallest absolute Gasteiger partial charge is 0.322 e. The van der Waals surface area contributed by atoms with Gasteiger partial charge in [0.05, 0.1) is 12.8 Å². The van der Waals surface area contributed by atoms with Crippen molar-refractivity contribution in [3.63, 3.8) is 0 Å². The van der Waals surface area contributed by atoms with E-state index >= 15 is 0 Å². The van der Waals surface area contributed by atoms with E-state index in [-0.39, 0.29) is 18.3 Å². The van der Waals surface area contributed by atoms with E-state index in [4.69, 9.17) is 4.42 Å². The first-order chi connectivity index (χ1) is 12.7. The molecule has 0 bridgehead atoms. The van der Waals surface area contributed by atoms with Gasteiger partial charge < -0.3 is 4.42 Å². The lowest BCUT2D eigenvalue weighted by molar-refractivity contribution is -0.115. The van der Waals surface area contributed by atoms with Crippen molar-refractivity contribution in [3.05, 3.63) is 71.1 Å². The average molecular weight is 367 g/mol. The zero-order valence-electron chi connectivity index (χ0n) is 14.9. The number of aromatic nitrogens is 2. The molecule has 0 fully saturated rings. The highest BCUT2D eigenvalue weighted by molar-refractivity contribution is 7.98. The third-order valence-corrected chi connectivity index (χ3v) is 4.77. The van der Waals surface area contributed by atoms with Crippen molar-refractivity contribution in [2.75, 3.05) is 11.6 Å². The summed E-state index contributed by atoms with van der Waals surface area (Å²) < 4.78 is 5.53. The van der Waals surface area contributed by atoms with E-state index in [9.17, 15) is 4.79 Å². The predicted octanol–water partition coefficient (Wildman–Crippen LogP) is 4.13. The van der Waals surface area contributed by atoms with Gasteiger partial charge >= 0.3 is 6.01 Å². The molecule has 0 saturated heterocycles. The third-order valence-electron chi connectivity index (χ3n) is 4.02. The number of anilines is 1. The Morgan fingerprint density at radius 3 is 2.31 bits per heavy atom. The zero-order valence-corrected chi connectivity index (χ0v) is 15.7. The lowest BCUT2D eigenvalue weighted by Crippen LogP contribution is -2.14. The fourth-order valence-electron chi connectivity index (χ4n) is 2.54. The molecule has 0 aliphatic heterocycles. The monoisotopic (exact) mass is 367 g/mol. The van der Waals surface area contributed by atoms with E-state index in [1.165, 1.54) is 10.5 Å². The number of aryl methyl sites for hydroxylation is 1. The standard InChI is InChI=1S/C20H21N3O2S/c1-3-14-4-6-15(7-5-14)12-18(24)21-20-23-22-19(25-20)13-16-8-10-17(26-2)11-9-16/h4-11H,3,12-13H2,1-2H3,(H,21,23,24). The van der Waals surface area contributed by atoms with Crippen LogP contribution >= 0.6 is 11.8 Å². The minimum Gasteiger partial charge on any atom is -0.407 e. The maximum absolute atomic E-state index is 12.1. The number of nitrogens with zero attached hydrogens (tertiary/aromatic N) is 2. The molecule has 0 unspecified atom stereocenters. The molecule has 0 spiro atoms. The highest BCUT2D eigenvalue weighted by atomic mass is 32.2. The van der Waals surface area contributed by atoms with Crippen molar-refractivity contribution in [3.8, 4) is 0 Å². The van der Waals surface area contributed by atoms with Gasteiger partial charge in [-0.15, -0.1) is 16.9 Å². The maximum Gasteiger partial charge on any atom is 0.322 e. The van der Waals surface area contributed by atoms with Gasteiger partial charge in [0.15, 0.2) is 0 Å². The SMILES string of the molecule is CCc1ccc(CC(=O)Nc2nnc(Cc3ccc(SC)cc3)o2)cc1. The fourth-order valence-corrected chi connectivity index (χ4v) is 2.94. The minimum absolute atomic E-state index is 0.135. The van der Waals surface area contributed by atoms with Crippen molar-refractivity contribution in [2.45, 2.75) is 31.1 Å². The molecule has 0 atom stereocenters. The van der Waals surface area contributed by atoms with Crippen LogP contribution in [0.15, 0.2) is 57.8 Å². The number of amides is 1. The van der Waals surface area contributed by atoms with Crippen molar-refractivity contribution < 1.29 is 9.21 Å². The van der Waals surface area contributed by atoms with Crippen LogP contribution in [0, 0.1) is 0 Å². The first-order valence-corrected chi connectivity index (χ1v) is 9.71. The summed E-state index contributed by atoms with van der Waals surface area (Å²) in [6.45, 7) is 2.10. The van der Waals surface area contributed by atoms with Crippen LogP contribution in [0.3, 0.4) is 0 Å². The lowest BCUT2D eigenvalue weighted by Gasteiger charge is -2.02. The average Bonchev–Trinajstić information content (AvgIpc) is 3.09. The maximum atomic E-state index is 12.1. The summed E-state index contributed by atoms with van der Waals surface area (Å²) in [7, 11) is 0. The van der Waals surface area contributed by atoms with Crippen molar-refractivity contribution in [1.82, 2.24) is 10.2 Å². The summed E-state index contributed by atoms with van der Waals surface area (Å²) in [5.41, 5.74) is 3.29. The molecular weight excluding hydrogens is 346 g/mol. The molecule has 0 aliphatic rings. The van der Waals surface area contributed by atoms with Gasteiger partial charge in [0.2, 0.25) is 11.8 Å². The molecule has 5 nitrogen and oxygen atoms in total. The summed E-state index contributed by atoms with van der Waals surface area (Å²) >= 11 is 1.70. The third kappa shape index (κ3) is 4.95. The highest BCUT2D eigenvalue weighted by Crippen LogP contribution is 2.17. The molecule has 3 rings (SSSR count). The Kier molecular flexibility index (Phi) is 6.07. The van der Waals surface area contributed by atoms with Gasteiger partial charge in [0.25, 0.3) is 0 Å². The van der Waals surface area contributed by atoms with Crippen LogP contribution in [0.25, 0.3) is 0 Å². The van der Waals surface area contributed by atoms with Gasteiger partial charge in [0.1, 0.15) is 0 Å². The summed E-state index contributed by atoms with van der Waals surface area (Å²) in [6, 6.07) is 16.3. The second-order valence-electron chi connectivity index (χ2n) is 5.92. The van der Waals surface area contributed by atoms with Gasteiger partial charge in [-0.3, -0.25) is 10.1 Å². The summed E-state index contributed by atoms with van der Waals surface area (Å²) in [4.78, 5) is 13.3. The number of hydrogen-bond donors (Lipinski definition) is 1. The Morgan fingerprint density at radius 2 is 1.65 bits per heavy atom. The molecular formula is C20H21N3O2S. The highest BCUT2D eigenvalue weighted by Gasteiger charge is 2.11. The topological polar surface area (TPSA) is 68.0 Å². The normalized spacial score (nSPS) is 10.7. The van der Waals surface area contributed by atoms with Crippen molar-refractivity contribution >= 4 is 23.7 Å². The van der Waals surface area contributed by atoms with E-state index < -0.39 is 0 Å². The quantitative estimate of drug-likeness (QED) is 0.636. The van der Waals surface area contributed by atoms with Gasteiger partial charge in [-0.25, -0.2) is 0 Å². The Morgan fingerprint density at radius 1 is 1.00 bits per heavy atom. The Labute approximate surface area is 157 Å². The molecule has 1 N–H and O–H groups in total. The van der Waals surface area contributed by atoms with Crippen LogP contribution in [-0.2, 0) is 24.1 Å².